The van der Waals surface area contributed by atoms with Gasteiger partial charge in [0.15, 0.2) is 11.9 Å². The number of aryl methyl sites for hydroxylation is 1. The molecule has 1 aromatic rings. The first-order valence-corrected chi connectivity index (χ1v) is 25.4. The highest BCUT2D eigenvalue weighted by Gasteiger charge is 2.39. The molecule has 0 bridgehead atoms. The Kier molecular flexibility index (Phi) is 30.4. The molecular weight excluding hydrogens is 838 g/mol. The lowest BCUT2D eigenvalue weighted by Crippen LogP contribution is -2.40. The van der Waals surface area contributed by atoms with Crippen molar-refractivity contribution >= 4 is 27.4 Å². The number of aliphatic hydroxyl groups excluding tert-OH is 3. The molecule has 1 aliphatic heterocycles. The van der Waals surface area contributed by atoms with Crippen molar-refractivity contribution in [2.24, 2.45) is 0 Å². The smallest absolute Gasteiger partial charge is 0.451 e. The molecule has 2 rings (SSSR count). The van der Waals surface area contributed by atoms with Gasteiger partial charge in [-0.15, -0.1) is 0 Å². The van der Waals surface area contributed by atoms with Gasteiger partial charge in [0.25, 0.3) is 5.56 Å². The molecule has 7 N–H and O–H groups in total. The fourth-order valence-electron chi connectivity index (χ4n) is 6.86. The lowest BCUT2D eigenvalue weighted by Gasteiger charge is -2.20. The van der Waals surface area contributed by atoms with Crippen molar-refractivity contribution in [3.8, 4) is 0 Å². The SMILES string of the molecule is CCCCCCCCCCCCCC(=O)OC(C(=O)CCCCCCCCCCCCC)C(O)CO.Cc1cn([C@H]2C[C@H](O)[C@@H](COP(=O)(O)OP(=O)(O)O)O2)c(=O)[nH]c1=O. The maximum Gasteiger partial charge on any atom is 0.481 e. The molecule has 0 saturated carbocycles. The number of phosphoric acid groups is 2. The molecule has 3 unspecified atom stereocenters. The number of nitrogens with zero attached hydrogens (tertiary/aromatic N) is 1. The Morgan fingerprint density at radius 1 is 0.803 bits per heavy atom. The molecule has 18 nitrogen and oxygen atoms in total. The Bertz CT molecular complexity index is 1570. The predicted molar refractivity (Wildman–Crippen MR) is 230 cm³/mol. The molecule has 20 heteroatoms. The molecule has 1 aromatic heterocycles. The zero-order valence-electron chi connectivity index (χ0n) is 36.7. The van der Waals surface area contributed by atoms with E-state index in [1.807, 2.05) is 0 Å². The maximum absolute atomic E-state index is 12.6. The summed E-state index contributed by atoms with van der Waals surface area (Å²) in [6.07, 6.45) is 22.2. The number of aliphatic hydroxyl groups is 3. The summed E-state index contributed by atoms with van der Waals surface area (Å²) in [5.41, 5.74) is -1.12. The Morgan fingerprint density at radius 3 is 1.72 bits per heavy atom. The molecule has 0 radical (unpaired) electrons. The van der Waals surface area contributed by atoms with Crippen molar-refractivity contribution in [1.82, 2.24) is 9.55 Å². The third-order valence-corrected chi connectivity index (χ3v) is 12.5. The minimum absolute atomic E-state index is 0.0888. The Hall–Kier alpha value is -2.08. The van der Waals surface area contributed by atoms with E-state index in [9.17, 15) is 48.5 Å². The molecule has 0 aromatic carbocycles. The summed E-state index contributed by atoms with van der Waals surface area (Å²) in [5.74, 6) is -0.726. The number of esters is 1. The minimum atomic E-state index is -5.26. The second-order valence-electron chi connectivity index (χ2n) is 15.9. The zero-order valence-corrected chi connectivity index (χ0v) is 38.5. The second-order valence-corrected chi connectivity index (χ2v) is 18.8. The van der Waals surface area contributed by atoms with Crippen LogP contribution in [-0.2, 0) is 37.0 Å². The van der Waals surface area contributed by atoms with E-state index in [0.29, 0.717) is 0 Å². The van der Waals surface area contributed by atoms with E-state index in [4.69, 9.17) is 19.3 Å². The lowest BCUT2D eigenvalue weighted by atomic mass is 10.0. The largest absolute Gasteiger partial charge is 0.481 e. The van der Waals surface area contributed by atoms with E-state index in [-0.39, 0.29) is 30.6 Å². The maximum atomic E-state index is 12.6. The van der Waals surface area contributed by atoms with Gasteiger partial charge in [0.1, 0.15) is 18.4 Å². The molecule has 2 heterocycles. The third kappa shape index (κ3) is 27.0. The van der Waals surface area contributed by atoms with Crippen LogP contribution >= 0.6 is 15.6 Å². The summed E-state index contributed by atoms with van der Waals surface area (Å²) < 4.78 is 41.6. The quantitative estimate of drug-likeness (QED) is 0.0209. The summed E-state index contributed by atoms with van der Waals surface area (Å²) in [4.78, 5) is 76.2. The van der Waals surface area contributed by atoms with Crippen LogP contribution in [-0.4, -0.2) is 88.9 Å². The van der Waals surface area contributed by atoms with Gasteiger partial charge in [-0.2, -0.15) is 4.31 Å². The van der Waals surface area contributed by atoms with Crippen molar-refractivity contribution in [2.45, 2.75) is 212 Å². The summed E-state index contributed by atoms with van der Waals surface area (Å²) in [5, 5.41) is 29.2. The van der Waals surface area contributed by atoms with Crippen LogP contribution in [0.15, 0.2) is 15.8 Å². The molecule has 1 fully saturated rings. The standard InChI is InChI=1S/C31H60O5.C10H16N2O11P2/c1-3-5-7-9-11-13-15-17-19-21-23-25-28(33)31(29(34)27-32)36-30(35)26-24-22-20-18-16-14-12-10-8-6-4-2;1-5-3-12(10(15)11-9(5)14)8-2-6(13)7(22-8)4-21-25(19,20)23-24(16,17)18/h29,31-32,34H,3-27H2,1-2H3;3,6-8,13H,2,4H2,1H3,(H,19,20)(H,11,14,15)(H2,16,17,18)/t;6-,7+,8+/m.0/s1. The normalized spacial score (nSPS) is 18.5. The van der Waals surface area contributed by atoms with Crippen molar-refractivity contribution in [3.05, 3.63) is 32.6 Å². The van der Waals surface area contributed by atoms with Crippen molar-refractivity contribution in [2.75, 3.05) is 13.2 Å². The van der Waals surface area contributed by atoms with Gasteiger partial charge in [0.2, 0.25) is 0 Å². The zero-order chi connectivity index (χ0) is 45.7. The number of nitrogens with one attached hydrogen (secondary N) is 1. The number of hydrogen-bond donors (Lipinski definition) is 7. The number of Topliss-reactive ketones (excluding diaryl/α,β-unsaturated/α-hetero) is 1. The molecule has 0 amide bonds. The van der Waals surface area contributed by atoms with Gasteiger partial charge in [0.05, 0.1) is 19.3 Å². The van der Waals surface area contributed by atoms with E-state index >= 15 is 0 Å². The number of unbranched alkanes of at least 4 members (excludes halogenated alkanes) is 20. The number of phosphoric ester groups is 1. The third-order valence-electron chi connectivity index (χ3n) is 10.4. The first kappa shape index (κ1) is 56.9. The molecule has 6 atom stereocenters. The number of carbonyl (C=O) groups excluding carboxylic acids is 2. The number of rotatable bonds is 34. The van der Waals surface area contributed by atoms with Crippen LogP contribution in [0.2, 0.25) is 0 Å². The molecule has 0 aliphatic carbocycles. The van der Waals surface area contributed by atoms with Gasteiger partial charge in [-0.3, -0.25) is 28.5 Å². The van der Waals surface area contributed by atoms with Crippen LogP contribution < -0.4 is 11.2 Å². The monoisotopic (exact) mass is 914 g/mol. The second kappa shape index (κ2) is 32.6. The van der Waals surface area contributed by atoms with Crippen LogP contribution in [0.5, 0.6) is 0 Å². The van der Waals surface area contributed by atoms with E-state index in [0.717, 1.165) is 43.1 Å². The average molecular weight is 915 g/mol. The highest BCUT2D eigenvalue weighted by Crippen LogP contribution is 2.57. The minimum Gasteiger partial charge on any atom is -0.451 e. The number of aromatic amines is 1. The Morgan fingerprint density at radius 2 is 1.26 bits per heavy atom. The number of carbonyl (C=O) groups is 2. The molecule has 0 spiro atoms. The highest BCUT2D eigenvalue weighted by atomic mass is 31.3. The summed E-state index contributed by atoms with van der Waals surface area (Å²) in [6, 6.07) is 0. The van der Waals surface area contributed by atoms with Crippen molar-refractivity contribution < 1.29 is 67.0 Å². The van der Waals surface area contributed by atoms with Gasteiger partial charge in [-0.05, 0) is 19.8 Å². The lowest BCUT2D eigenvalue weighted by molar-refractivity contribution is -0.163. The summed E-state index contributed by atoms with van der Waals surface area (Å²) in [6.45, 7) is 4.62. The predicted octanol–water partition coefficient (Wildman–Crippen LogP) is 6.94. The van der Waals surface area contributed by atoms with Gasteiger partial charge in [-0.25, -0.2) is 13.9 Å². The van der Waals surface area contributed by atoms with Crippen LogP contribution in [0.25, 0.3) is 0 Å². The number of H-pyrrole nitrogens is 1. The van der Waals surface area contributed by atoms with Crippen molar-refractivity contribution in [3.63, 3.8) is 0 Å². The van der Waals surface area contributed by atoms with Crippen LogP contribution in [0.3, 0.4) is 0 Å². The van der Waals surface area contributed by atoms with E-state index in [2.05, 4.69) is 27.7 Å². The molecule has 61 heavy (non-hydrogen) atoms. The highest BCUT2D eigenvalue weighted by molar-refractivity contribution is 7.60. The number of ether oxygens (including phenoxy) is 2. The van der Waals surface area contributed by atoms with Gasteiger partial charge < -0.3 is 39.5 Å². The molecule has 356 valence electrons. The van der Waals surface area contributed by atoms with Gasteiger partial charge >= 0.3 is 27.3 Å². The first-order valence-electron chi connectivity index (χ1n) is 22.4. The summed E-state index contributed by atoms with van der Waals surface area (Å²) >= 11 is 0. The fourth-order valence-corrected chi connectivity index (χ4v) is 8.46. The average Bonchev–Trinajstić information content (AvgIpc) is 3.57. The Balaban J connectivity index is 0.000000647. The number of hydrogen-bond acceptors (Lipinski definition) is 13. The van der Waals surface area contributed by atoms with Gasteiger partial charge in [0, 0.05) is 31.0 Å². The van der Waals surface area contributed by atoms with E-state index in [1.165, 1.54) is 116 Å². The van der Waals surface area contributed by atoms with Crippen molar-refractivity contribution in [1.29, 1.82) is 0 Å². The van der Waals surface area contributed by atoms with E-state index in [1.54, 1.807) is 0 Å². The number of ketones is 1. The van der Waals surface area contributed by atoms with Crippen LogP contribution in [0.4, 0.5) is 0 Å². The van der Waals surface area contributed by atoms with Crippen LogP contribution in [0.1, 0.15) is 186 Å². The molecule has 1 saturated heterocycles. The van der Waals surface area contributed by atoms with Gasteiger partial charge in [-0.1, -0.05) is 142 Å². The fraction of sp³-hybridized carbons (Fsp3) is 0.854. The summed E-state index contributed by atoms with van der Waals surface area (Å²) in [7, 11) is -10.3. The first-order chi connectivity index (χ1) is 28.9. The molecule has 1 aliphatic rings. The van der Waals surface area contributed by atoms with Crippen LogP contribution in [0, 0.1) is 6.92 Å². The van der Waals surface area contributed by atoms with E-state index < -0.39 is 76.7 Å². The number of aromatic nitrogens is 2. The molecular formula is C41H76N2O16P2. The Labute approximate surface area is 361 Å². The topological polar surface area (TPSA) is 281 Å².